The van der Waals surface area contributed by atoms with E-state index in [-0.39, 0.29) is 11.6 Å². The fourth-order valence-corrected chi connectivity index (χ4v) is 2.52. The molecule has 148 valence electrons. The molecule has 0 unspecified atom stereocenters. The number of nitrogens with zero attached hydrogens (tertiary/aromatic N) is 1. The van der Waals surface area contributed by atoms with Gasteiger partial charge in [-0.1, -0.05) is 6.07 Å². The van der Waals surface area contributed by atoms with Gasteiger partial charge in [0.15, 0.2) is 11.5 Å². The van der Waals surface area contributed by atoms with Crippen LogP contribution in [0.2, 0.25) is 0 Å². The van der Waals surface area contributed by atoms with Crippen LogP contribution in [0, 0.1) is 10.1 Å². The number of nitro benzene ring substituents is 1. The molecule has 1 amide bonds. The summed E-state index contributed by atoms with van der Waals surface area (Å²) in [5, 5.41) is 13.4. The first-order valence-electron chi connectivity index (χ1n) is 9.12. The van der Waals surface area contributed by atoms with E-state index in [9.17, 15) is 14.9 Å². The Bertz CT molecular complexity index is 831. The van der Waals surface area contributed by atoms with E-state index < -0.39 is 4.92 Å². The summed E-state index contributed by atoms with van der Waals surface area (Å²) in [6, 6.07) is 11.7. The lowest BCUT2D eigenvalue weighted by molar-refractivity contribution is -0.384. The predicted octanol–water partition coefficient (Wildman–Crippen LogP) is 3.76. The molecule has 0 atom stereocenters. The van der Waals surface area contributed by atoms with Crippen molar-refractivity contribution in [2.45, 2.75) is 20.3 Å². The molecule has 0 aliphatic heterocycles. The Morgan fingerprint density at radius 2 is 1.75 bits per heavy atom. The molecule has 7 heteroatoms. The lowest BCUT2D eigenvalue weighted by atomic mass is 10.1. The second-order valence-electron chi connectivity index (χ2n) is 5.87. The maximum Gasteiger partial charge on any atom is 0.269 e. The molecule has 0 bridgehead atoms. The number of carbonyl (C=O) groups excluding carboxylic acids is 1. The van der Waals surface area contributed by atoms with Gasteiger partial charge in [-0.05, 0) is 61.7 Å². The van der Waals surface area contributed by atoms with Crippen molar-refractivity contribution in [2.24, 2.45) is 0 Å². The normalized spacial score (nSPS) is 10.6. The second-order valence-corrected chi connectivity index (χ2v) is 5.87. The summed E-state index contributed by atoms with van der Waals surface area (Å²) < 4.78 is 11.1. The Kier molecular flexibility index (Phi) is 8.02. The summed E-state index contributed by atoms with van der Waals surface area (Å²) in [6.45, 7) is 5.43. The minimum atomic E-state index is -0.460. The van der Waals surface area contributed by atoms with Crippen LogP contribution in [0.4, 0.5) is 5.69 Å². The monoisotopic (exact) mass is 384 g/mol. The third kappa shape index (κ3) is 6.42. The van der Waals surface area contributed by atoms with Gasteiger partial charge in [0, 0.05) is 24.8 Å². The van der Waals surface area contributed by atoms with E-state index in [4.69, 9.17) is 9.47 Å². The first kappa shape index (κ1) is 21.0. The lowest BCUT2D eigenvalue weighted by Crippen LogP contribution is -2.23. The van der Waals surface area contributed by atoms with Crippen molar-refractivity contribution in [1.29, 1.82) is 0 Å². The van der Waals surface area contributed by atoms with Crippen molar-refractivity contribution in [3.05, 3.63) is 69.8 Å². The molecule has 0 aliphatic carbocycles. The summed E-state index contributed by atoms with van der Waals surface area (Å²) in [6.07, 6.45) is 3.68. The molecule has 2 rings (SSSR count). The first-order chi connectivity index (χ1) is 13.5. The summed E-state index contributed by atoms with van der Waals surface area (Å²) >= 11 is 0. The third-order valence-electron chi connectivity index (χ3n) is 3.85. The van der Waals surface area contributed by atoms with Gasteiger partial charge < -0.3 is 14.8 Å². The molecule has 0 heterocycles. The topological polar surface area (TPSA) is 90.7 Å². The van der Waals surface area contributed by atoms with Crippen molar-refractivity contribution >= 4 is 17.7 Å². The number of nitrogens with one attached hydrogen (secondary N) is 1. The summed E-state index contributed by atoms with van der Waals surface area (Å²) in [7, 11) is 0. The van der Waals surface area contributed by atoms with Crippen molar-refractivity contribution in [1.82, 2.24) is 5.32 Å². The van der Waals surface area contributed by atoms with Gasteiger partial charge in [-0.15, -0.1) is 0 Å². The average Bonchev–Trinajstić information content (AvgIpc) is 2.69. The quantitative estimate of drug-likeness (QED) is 0.383. The van der Waals surface area contributed by atoms with E-state index in [1.165, 1.54) is 18.2 Å². The molecular formula is C21H24N2O5. The van der Waals surface area contributed by atoms with Crippen molar-refractivity contribution in [3.8, 4) is 11.5 Å². The number of benzene rings is 2. The number of rotatable bonds is 10. The largest absolute Gasteiger partial charge is 0.490 e. The number of hydrogen-bond donors (Lipinski definition) is 1. The maximum absolute atomic E-state index is 11.9. The molecule has 2 aromatic rings. The Labute approximate surface area is 164 Å². The average molecular weight is 384 g/mol. The second kappa shape index (κ2) is 10.7. The van der Waals surface area contributed by atoms with Crippen LogP contribution >= 0.6 is 0 Å². The van der Waals surface area contributed by atoms with E-state index in [2.05, 4.69) is 5.32 Å². The Morgan fingerprint density at radius 3 is 2.39 bits per heavy atom. The fraction of sp³-hybridized carbons (Fsp3) is 0.286. The molecule has 0 aliphatic rings. The van der Waals surface area contributed by atoms with Crippen LogP contribution in [0.15, 0.2) is 48.5 Å². The van der Waals surface area contributed by atoms with Crippen LogP contribution in [-0.2, 0) is 11.2 Å². The Hall–Kier alpha value is -3.35. The highest BCUT2D eigenvalue weighted by atomic mass is 16.6. The van der Waals surface area contributed by atoms with Crippen LogP contribution in [0.1, 0.15) is 25.0 Å². The van der Waals surface area contributed by atoms with Crippen LogP contribution in [-0.4, -0.2) is 30.6 Å². The molecule has 2 aromatic carbocycles. The van der Waals surface area contributed by atoms with Crippen molar-refractivity contribution in [3.63, 3.8) is 0 Å². The minimum absolute atomic E-state index is 0.0170. The molecule has 7 nitrogen and oxygen atoms in total. The van der Waals surface area contributed by atoms with Gasteiger partial charge in [0.05, 0.1) is 18.1 Å². The van der Waals surface area contributed by atoms with E-state index in [0.717, 1.165) is 5.56 Å². The predicted molar refractivity (Wildman–Crippen MR) is 108 cm³/mol. The van der Waals surface area contributed by atoms with Crippen LogP contribution in [0.25, 0.3) is 6.08 Å². The summed E-state index contributed by atoms with van der Waals surface area (Å²) in [5.41, 5.74) is 1.77. The van der Waals surface area contributed by atoms with Crippen LogP contribution in [0.3, 0.4) is 0 Å². The van der Waals surface area contributed by atoms with Gasteiger partial charge in [0.2, 0.25) is 5.91 Å². The first-order valence-corrected chi connectivity index (χ1v) is 9.12. The van der Waals surface area contributed by atoms with Gasteiger partial charge in [0.25, 0.3) is 5.69 Å². The van der Waals surface area contributed by atoms with E-state index in [1.807, 2.05) is 32.0 Å². The fourth-order valence-electron chi connectivity index (χ4n) is 2.52. The van der Waals surface area contributed by atoms with Gasteiger partial charge in [-0.2, -0.15) is 0 Å². The van der Waals surface area contributed by atoms with Gasteiger partial charge >= 0.3 is 0 Å². The summed E-state index contributed by atoms with van der Waals surface area (Å²) in [4.78, 5) is 22.1. The number of nitro groups is 1. The van der Waals surface area contributed by atoms with Crippen LogP contribution < -0.4 is 14.8 Å². The molecule has 0 radical (unpaired) electrons. The third-order valence-corrected chi connectivity index (χ3v) is 3.85. The molecule has 0 saturated carbocycles. The number of non-ortho nitro benzene ring substituents is 1. The highest BCUT2D eigenvalue weighted by Crippen LogP contribution is 2.28. The SMILES string of the molecule is CCOc1ccc(CCNC(=O)/C=C/c2ccc([N+](=O)[O-])cc2)cc1OCC. The van der Waals surface area contributed by atoms with E-state index >= 15 is 0 Å². The molecule has 1 N–H and O–H groups in total. The van der Waals surface area contributed by atoms with Crippen LogP contribution in [0.5, 0.6) is 11.5 Å². The molecular weight excluding hydrogens is 360 g/mol. The van der Waals surface area contributed by atoms with Crippen molar-refractivity contribution in [2.75, 3.05) is 19.8 Å². The standard InChI is InChI=1S/C21H24N2O5/c1-3-27-19-11-7-17(15-20(19)28-4-2)13-14-22-21(24)12-8-16-5-9-18(10-6-16)23(25)26/h5-12,15H,3-4,13-14H2,1-2H3,(H,22,24)/b12-8+. The van der Waals surface area contributed by atoms with E-state index in [1.54, 1.807) is 18.2 Å². The molecule has 28 heavy (non-hydrogen) atoms. The lowest BCUT2D eigenvalue weighted by Gasteiger charge is -2.12. The zero-order valence-electron chi connectivity index (χ0n) is 16.0. The number of hydrogen-bond acceptors (Lipinski definition) is 5. The Morgan fingerprint density at radius 1 is 1.07 bits per heavy atom. The van der Waals surface area contributed by atoms with Crippen molar-refractivity contribution < 1.29 is 19.2 Å². The number of ether oxygens (including phenoxy) is 2. The van der Waals surface area contributed by atoms with Gasteiger partial charge in [-0.25, -0.2) is 0 Å². The zero-order chi connectivity index (χ0) is 20.4. The Balaban J connectivity index is 1.86. The molecule has 0 saturated heterocycles. The minimum Gasteiger partial charge on any atom is -0.490 e. The highest BCUT2D eigenvalue weighted by molar-refractivity contribution is 5.91. The highest BCUT2D eigenvalue weighted by Gasteiger charge is 2.07. The molecule has 0 aromatic heterocycles. The maximum atomic E-state index is 11.9. The van der Waals surface area contributed by atoms with E-state index in [0.29, 0.717) is 43.2 Å². The zero-order valence-corrected chi connectivity index (χ0v) is 16.0. The van der Waals surface area contributed by atoms with Gasteiger partial charge in [0.1, 0.15) is 0 Å². The smallest absolute Gasteiger partial charge is 0.269 e. The van der Waals surface area contributed by atoms with Gasteiger partial charge in [-0.3, -0.25) is 14.9 Å². The molecule has 0 spiro atoms. The number of amides is 1. The number of carbonyl (C=O) groups is 1. The molecule has 0 fully saturated rings. The summed E-state index contributed by atoms with van der Waals surface area (Å²) in [5.74, 6) is 1.18.